The van der Waals surface area contributed by atoms with Crippen LogP contribution in [0.3, 0.4) is 0 Å². The number of carbonyl (C=O) groups is 3. The molecule has 1 aromatic rings. The molecule has 0 aromatic carbocycles. The van der Waals surface area contributed by atoms with Crippen LogP contribution in [0, 0.1) is 5.41 Å². The highest BCUT2D eigenvalue weighted by Gasteiger charge is 2.46. The Morgan fingerprint density at radius 3 is 1.76 bits per heavy atom. The summed E-state index contributed by atoms with van der Waals surface area (Å²) in [6.45, 7) is 3.85. The Labute approximate surface area is 184 Å². The van der Waals surface area contributed by atoms with E-state index < -0.39 is 24.3 Å². The van der Waals surface area contributed by atoms with E-state index in [-0.39, 0.29) is 5.41 Å². The van der Waals surface area contributed by atoms with Crippen molar-refractivity contribution in [2.75, 3.05) is 26.7 Å². The fourth-order valence-electron chi connectivity index (χ4n) is 3.32. The van der Waals surface area contributed by atoms with Gasteiger partial charge in [-0.15, -0.1) is 0 Å². The van der Waals surface area contributed by atoms with E-state index in [0.717, 1.165) is 51.1 Å². The number of carboxylic acid groups (broad SMARTS) is 2. The number of alkyl halides is 6. The number of rotatable bonds is 2. The van der Waals surface area contributed by atoms with Gasteiger partial charge in [0, 0.05) is 26.3 Å². The van der Waals surface area contributed by atoms with Gasteiger partial charge in [0.2, 0.25) is 5.91 Å². The minimum atomic E-state index is -5.08. The van der Waals surface area contributed by atoms with Crippen LogP contribution in [0.2, 0.25) is 0 Å². The third kappa shape index (κ3) is 8.86. The highest BCUT2D eigenvalue weighted by molar-refractivity contribution is 5.84. The fraction of sp³-hybridized carbons (Fsp3) is 0.579. The normalized spacial score (nSPS) is 18.2. The summed E-state index contributed by atoms with van der Waals surface area (Å²) >= 11 is 0. The van der Waals surface area contributed by atoms with E-state index in [1.54, 1.807) is 0 Å². The standard InChI is InChI=1S/C15H21N3O.2C2HF3O2/c1-17-9-5-15(14(17)19)6-10-18(11-7-15)12-13-4-2-3-8-16-13;2*3-2(4,5)1(6)7/h2-4,8H,5-7,9-12H2,1H3;2*(H,6,7). The first-order valence-electron chi connectivity index (χ1n) is 9.56. The second-order valence-electron chi connectivity index (χ2n) is 7.46. The number of hydrogen-bond donors (Lipinski definition) is 2. The van der Waals surface area contributed by atoms with Crippen molar-refractivity contribution < 1.29 is 50.9 Å². The van der Waals surface area contributed by atoms with Crippen LogP contribution in [-0.2, 0) is 20.9 Å². The lowest BCUT2D eigenvalue weighted by Crippen LogP contribution is -2.43. The molecule has 2 aliphatic rings. The molecule has 1 aromatic heterocycles. The molecule has 0 saturated carbocycles. The van der Waals surface area contributed by atoms with Crippen molar-refractivity contribution >= 4 is 17.8 Å². The highest BCUT2D eigenvalue weighted by atomic mass is 19.4. The third-order valence-electron chi connectivity index (χ3n) is 5.14. The van der Waals surface area contributed by atoms with Crippen LogP contribution in [0.25, 0.3) is 0 Å². The largest absolute Gasteiger partial charge is 0.490 e. The summed E-state index contributed by atoms with van der Waals surface area (Å²) in [4.78, 5) is 38.7. The Morgan fingerprint density at radius 2 is 1.42 bits per heavy atom. The van der Waals surface area contributed by atoms with E-state index in [0.29, 0.717) is 5.91 Å². The van der Waals surface area contributed by atoms with Gasteiger partial charge >= 0.3 is 24.3 Å². The van der Waals surface area contributed by atoms with Gasteiger partial charge in [-0.1, -0.05) is 6.07 Å². The smallest absolute Gasteiger partial charge is 0.475 e. The quantitative estimate of drug-likeness (QED) is 0.618. The lowest BCUT2D eigenvalue weighted by Gasteiger charge is -2.37. The molecule has 2 fully saturated rings. The predicted octanol–water partition coefficient (Wildman–Crippen LogP) is 2.79. The van der Waals surface area contributed by atoms with Gasteiger partial charge in [-0.05, 0) is 44.5 Å². The number of hydrogen-bond acceptors (Lipinski definition) is 5. The van der Waals surface area contributed by atoms with Crippen LogP contribution in [0.1, 0.15) is 25.0 Å². The first kappa shape index (κ1) is 28.1. The van der Waals surface area contributed by atoms with E-state index in [4.69, 9.17) is 19.8 Å². The molecule has 0 aliphatic carbocycles. The fourth-order valence-corrected chi connectivity index (χ4v) is 3.32. The molecule has 0 atom stereocenters. The highest BCUT2D eigenvalue weighted by Crippen LogP contribution is 2.41. The summed E-state index contributed by atoms with van der Waals surface area (Å²) < 4.78 is 63.5. The van der Waals surface area contributed by atoms with Crippen molar-refractivity contribution in [2.24, 2.45) is 5.41 Å². The molecule has 1 spiro atoms. The van der Waals surface area contributed by atoms with Gasteiger partial charge in [-0.3, -0.25) is 14.7 Å². The Balaban J connectivity index is 0.000000324. The van der Waals surface area contributed by atoms with Crippen LogP contribution in [-0.4, -0.2) is 81.9 Å². The summed E-state index contributed by atoms with van der Waals surface area (Å²) in [5.41, 5.74) is 1.07. The summed E-state index contributed by atoms with van der Waals surface area (Å²) in [6.07, 6.45) is -5.28. The second-order valence-corrected chi connectivity index (χ2v) is 7.46. The maximum Gasteiger partial charge on any atom is 0.490 e. The molecule has 2 aliphatic heterocycles. The van der Waals surface area contributed by atoms with Crippen molar-refractivity contribution in [3.05, 3.63) is 30.1 Å². The summed E-state index contributed by atoms with van der Waals surface area (Å²) in [7, 11) is 1.93. The lowest BCUT2D eigenvalue weighted by molar-refractivity contribution is -0.193. The zero-order chi connectivity index (χ0) is 25.4. The molecule has 0 bridgehead atoms. The predicted molar refractivity (Wildman–Crippen MR) is 101 cm³/mol. The number of carboxylic acids is 2. The monoisotopic (exact) mass is 487 g/mol. The van der Waals surface area contributed by atoms with Crippen molar-refractivity contribution in [1.29, 1.82) is 0 Å². The van der Waals surface area contributed by atoms with E-state index >= 15 is 0 Å². The number of carbonyl (C=O) groups excluding carboxylic acids is 1. The van der Waals surface area contributed by atoms with Crippen LogP contribution >= 0.6 is 0 Å². The van der Waals surface area contributed by atoms with E-state index in [1.165, 1.54) is 0 Å². The number of pyridine rings is 1. The molecule has 8 nitrogen and oxygen atoms in total. The molecule has 0 radical (unpaired) electrons. The average molecular weight is 487 g/mol. The van der Waals surface area contributed by atoms with E-state index in [2.05, 4.69) is 16.0 Å². The van der Waals surface area contributed by atoms with Gasteiger partial charge in [0.1, 0.15) is 0 Å². The van der Waals surface area contributed by atoms with Gasteiger partial charge in [0.25, 0.3) is 0 Å². The number of aromatic nitrogens is 1. The minimum Gasteiger partial charge on any atom is -0.475 e. The number of nitrogens with zero attached hydrogens (tertiary/aromatic N) is 3. The van der Waals surface area contributed by atoms with Gasteiger partial charge in [0.15, 0.2) is 0 Å². The van der Waals surface area contributed by atoms with Crippen LogP contribution in [0.4, 0.5) is 26.3 Å². The molecule has 2 saturated heterocycles. The summed E-state index contributed by atoms with van der Waals surface area (Å²) in [5, 5.41) is 14.2. The number of piperidine rings is 1. The topological polar surface area (TPSA) is 111 Å². The Morgan fingerprint density at radius 1 is 0.970 bits per heavy atom. The van der Waals surface area contributed by atoms with Gasteiger partial charge in [-0.2, -0.15) is 26.3 Å². The third-order valence-corrected chi connectivity index (χ3v) is 5.14. The molecular formula is C19H23F6N3O5. The van der Waals surface area contributed by atoms with Crippen molar-refractivity contribution in [1.82, 2.24) is 14.8 Å². The zero-order valence-corrected chi connectivity index (χ0v) is 17.5. The molecule has 0 unspecified atom stereocenters. The van der Waals surface area contributed by atoms with Gasteiger partial charge in [0.05, 0.1) is 11.1 Å². The number of aliphatic carboxylic acids is 2. The molecule has 14 heteroatoms. The molecule has 2 N–H and O–H groups in total. The molecule has 1 amide bonds. The van der Waals surface area contributed by atoms with Gasteiger partial charge in [-0.25, -0.2) is 9.59 Å². The summed E-state index contributed by atoms with van der Waals surface area (Å²) in [6, 6.07) is 6.05. The number of amides is 1. The van der Waals surface area contributed by atoms with Crippen LogP contribution in [0.5, 0.6) is 0 Å². The average Bonchev–Trinajstić information content (AvgIpc) is 2.99. The van der Waals surface area contributed by atoms with Crippen molar-refractivity contribution in [2.45, 2.75) is 38.2 Å². The Bertz CT molecular complexity index is 784. The molecule has 3 heterocycles. The minimum absolute atomic E-state index is 0.0463. The van der Waals surface area contributed by atoms with Crippen molar-refractivity contribution in [3.8, 4) is 0 Å². The summed E-state index contributed by atoms with van der Waals surface area (Å²) in [5.74, 6) is -5.15. The van der Waals surface area contributed by atoms with Gasteiger partial charge < -0.3 is 15.1 Å². The number of likely N-dealkylation sites (tertiary alicyclic amines) is 2. The van der Waals surface area contributed by atoms with E-state index in [1.807, 2.05) is 30.3 Å². The molecule has 186 valence electrons. The molecule has 3 rings (SSSR count). The lowest BCUT2D eigenvalue weighted by atomic mass is 9.77. The van der Waals surface area contributed by atoms with Crippen molar-refractivity contribution in [3.63, 3.8) is 0 Å². The molecule has 33 heavy (non-hydrogen) atoms. The SMILES string of the molecule is CN1CCC2(CCN(Cc3ccccn3)CC2)C1=O.O=C(O)C(F)(F)F.O=C(O)C(F)(F)F. The molecular weight excluding hydrogens is 464 g/mol. The Kier molecular flexibility index (Phi) is 9.63. The first-order chi connectivity index (χ1) is 15.1. The first-order valence-corrected chi connectivity index (χ1v) is 9.56. The van der Waals surface area contributed by atoms with Crippen LogP contribution < -0.4 is 0 Å². The van der Waals surface area contributed by atoms with Crippen LogP contribution in [0.15, 0.2) is 24.4 Å². The number of halogens is 6. The van der Waals surface area contributed by atoms with E-state index in [9.17, 15) is 31.1 Å². The maximum atomic E-state index is 12.2. The Hall–Kier alpha value is -2.90. The second kappa shape index (κ2) is 11.3. The zero-order valence-electron chi connectivity index (χ0n) is 17.5. The maximum absolute atomic E-state index is 12.2.